The number of carbonyl (C=O) groups is 1. The quantitative estimate of drug-likeness (QED) is 0.273. The van der Waals surface area contributed by atoms with Crippen LogP contribution in [0.5, 0.6) is 0 Å². The van der Waals surface area contributed by atoms with E-state index < -0.39 is 17.6 Å². The molecule has 1 aromatic heterocycles. The van der Waals surface area contributed by atoms with Gasteiger partial charge in [-0.1, -0.05) is 53.0 Å². The number of nitrogens with one attached hydrogen (secondary N) is 1. The largest absolute Gasteiger partial charge is 0.416 e. The van der Waals surface area contributed by atoms with Gasteiger partial charge in [0.05, 0.1) is 17.8 Å². The second-order valence-electron chi connectivity index (χ2n) is 7.85. The van der Waals surface area contributed by atoms with E-state index in [-0.39, 0.29) is 12.1 Å². The van der Waals surface area contributed by atoms with E-state index in [0.717, 1.165) is 52.3 Å². The Morgan fingerprint density at radius 1 is 0.857 bits per heavy atom. The van der Waals surface area contributed by atoms with Crippen LogP contribution < -0.4 is 5.32 Å². The first-order chi connectivity index (χ1) is 16.5. The van der Waals surface area contributed by atoms with E-state index in [9.17, 15) is 18.0 Å². The van der Waals surface area contributed by atoms with Crippen molar-refractivity contribution in [1.29, 1.82) is 0 Å². The van der Waals surface area contributed by atoms with E-state index in [0.29, 0.717) is 15.1 Å². The highest BCUT2D eigenvalue weighted by molar-refractivity contribution is 6.36. The zero-order valence-electron chi connectivity index (χ0n) is 18.3. The van der Waals surface area contributed by atoms with Crippen molar-refractivity contribution in [3.8, 4) is 22.4 Å². The van der Waals surface area contributed by atoms with Crippen molar-refractivity contribution in [3.05, 3.63) is 105 Å². The fourth-order valence-corrected chi connectivity index (χ4v) is 4.42. The highest BCUT2D eigenvalue weighted by Crippen LogP contribution is 2.39. The van der Waals surface area contributed by atoms with Crippen molar-refractivity contribution >= 4 is 40.7 Å². The van der Waals surface area contributed by atoms with Gasteiger partial charge in [-0.2, -0.15) is 13.2 Å². The van der Waals surface area contributed by atoms with Crippen molar-refractivity contribution in [3.63, 3.8) is 0 Å². The number of hydrogen-bond acceptors (Lipinski definition) is 1. The van der Waals surface area contributed by atoms with Crippen LogP contribution in [0.2, 0.25) is 15.1 Å². The third-order valence-electron chi connectivity index (χ3n) is 5.58. The lowest BCUT2D eigenvalue weighted by atomic mass is 10.0. The van der Waals surface area contributed by atoms with Gasteiger partial charge in [-0.25, -0.2) is 0 Å². The monoisotopic (exact) mass is 536 g/mol. The molecule has 1 N–H and O–H groups in total. The number of nitrogens with zero attached hydrogens (tertiary/aromatic N) is 1. The van der Waals surface area contributed by atoms with Crippen molar-refractivity contribution in [2.45, 2.75) is 12.7 Å². The fourth-order valence-electron chi connectivity index (χ4n) is 3.78. The third-order valence-corrected chi connectivity index (χ3v) is 6.38. The molecule has 4 aromatic rings. The van der Waals surface area contributed by atoms with E-state index in [1.807, 2.05) is 35.9 Å². The number of carbonyl (C=O) groups excluding carboxylic acids is 1. The molecule has 1 amide bonds. The molecule has 180 valence electrons. The summed E-state index contributed by atoms with van der Waals surface area (Å²) in [4.78, 5) is 12.6. The molecule has 0 atom stereocenters. The number of benzene rings is 3. The van der Waals surface area contributed by atoms with Crippen LogP contribution in [-0.4, -0.2) is 10.5 Å². The van der Waals surface area contributed by atoms with Gasteiger partial charge in [0.2, 0.25) is 0 Å². The van der Waals surface area contributed by atoms with E-state index in [2.05, 4.69) is 5.32 Å². The van der Waals surface area contributed by atoms with Crippen LogP contribution in [0.1, 0.15) is 21.6 Å². The van der Waals surface area contributed by atoms with E-state index in [1.165, 1.54) is 0 Å². The molecular weight excluding hydrogens is 520 g/mol. The SMILES string of the molecule is Cn1c(CNC(=O)c2ccc(C(F)(F)F)cc2)cc(-c2ccc(Cl)cc2Cl)c1-c1ccc(Cl)cc1. The summed E-state index contributed by atoms with van der Waals surface area (Å²) in [6.45, 7) is 0.141. The van der Waals surface area contributed by atoms with Crippen LogP contribution >= 0.6 is 34.8 Å². The summed E-state index contributed by atoms with van der Waals surface area (Å²) in [6.07, 6.45) is -4.46. The minimum Gasteiger partial charge on any atom is -0.346 e. The molecule has 9 heteroatoms. The Labute approximate surface area is 215 Å². The summed E-state index contributed by atoms with van der Waals surface area (Å²) in [6, 6.07) is 18.5. The lowest BCUT2D eigenvalue weighted by molar-refractivity contribution is -0.137. The third kappa shape index (κ3) is 5.50. The Morgan fingerprint density at radius 2 is 1.49 bits per heavy atom. The van der Waals surface area contributed by atoms with Crippen LogP contribution in [-0.2, 0) is 19.8 Å². The summed E-state index contributed by atoms with van der Waals surface area (Å²) < 4.78 is 40.3. The molecular formula is C26H18Cl3F3N2O. The maximum Gasteiger partial charge on any atom is 0.416 e. The van der Waals surface area contributed by atoms with Gasteiger partial charge in [-0.3, -0.25) is 4.79 Å². The summed E-state index contributed by atoms with van der Waals surface area (Å²) in [5.74, 6) is -0.487. The molecule has 0 saturated carbocycles. The van der Waals surface area contributed by atoms with Gasteiger partial charge in [0.25, 0.3) is 5.91 Å². The van der Waals surface area contributed by atoms with Gasteiger partial charge >= 0.3 is 6.18 Å². The number of amides is 1. The van der Waals surface area contributed by atoms with E-state index in [1.54, 1.807) is 24.3 Å². The smallest absolute Gasteiger partial charge is 0.346 e. The van der Waals surface area contributed by atoms with Crippen LogP contribution in [0.3, 0.4) is 0 Å². The molecule has 35 heavy (non-hydrogen) atoms. The summed E-state index contributed by atoms with van der Waals surface area (Å²) in [5.41, 5.74) is 3.41. The van der Waals surface area contributed by atoms with Gasteiger partial charge in [-0.05, 0) is 60.2 Å². The minimum absolute atomic E-state index is 0.131. The number of alkyl halides is 3. The summed E-state index contributed by atoms with van der Waals surface area (Å²) >= 11 is 18.6. The average Bonchev–Trinajstić information content (AvgIpc) is 3.13. The molecule has 0 radical (unpaired) electrons. The topological polar surface area (TPSA) is 34.0 Å². The van der Waals surface area contributed by atoms with Gasteiger partial charge in [0, 0.05) is 44.5 Å². The van der Waals surface area contributed by atoms with Gasteiger partial charge in [-0.15, -0.1) is 0 Å². The van der Waals surface area contributed by atoms with E-state index >= 15 is 0 Å². The normalized spacial score (nSPS) is 11.5. The first-order valence-corrected chi connectivity index (χ1v) is 11.5. The molecule has 1 heterocycles. The predicted molar refractivity (Wildman–Crippen MR) is 134 cm³/mol. The first kappa shape index (κ1) is 25.2. The molecule has 0 spiro atoms. The Bertz CT molecular complexity index is 1380. The van der Waals surface area contributed by atoms with Gasteiger partial charge in [0.15, 0.2) is 0 Å². The number of aromatic nitrogens is 1. The number of halogens is 6. The molecule has 0 bridgehead atoms. The van der Waals surface area contributed by atoms with Crippen LogP contribution in [0.15, 0.2) is 72.8 Å². The molecule has 3 nitrogen and oxygen atoms in total. The van der Waals surface area contributed by atoms with Crippen LogP contribution in [0.4, 0.5) is 13.2 Å². The van der Waals surface area contributed by atoms with Crippen LogP contribution in [0, 0.1) is 0 Å². The molecule has 0 unspecified atom stereocenters. The molecule has 3 aromatic carbocycles. The fraction of sp³-hybridized carbons (Fsp3) is 0.115. The first-order valence-electron chi connectivity index (χ1n) is 10.4. The second-order valence-corrected chi connectivity index (χ2v) is 9.13. The lowest BCUT2D eigenvalue weighted by Gasteiger charge is -2.12. The average molecular weight is 538 g/mol. The molecule has 0 aliphatic rings. The lowest BCUT2D eigenvalue weighted by Crippen LogP contribution is -2.24. The van der Waals surface area contributed by atoms with Crippen molar-refractivity contribution in [1.82, 2.24) is 9.88 Å². The van der Waals surface area contributed by atoms with Gasteiger partial charge in [0.1, 0.15) is 0 Å². The summed E-state index contributed by atoms with van der Waals surface area (Å²) in [7, 11) is 1.86. The molecule has 0 aliphatic carbocycles. The highest BCUT2D eigenvalue weighted by atomic mass is 35.5. The molecule has 0 fully saturated rings. The second kappa shape index (κ2) is 9.97. The van der Waals surface area contributed by atoms with E-state index in [4.69, 9.17) is 34.8 Å². The van der Waals surface area contributed by atoms with Crippen LogP contribution in [0.25, 0.3) is 22.4 Å². The Kier molecular flexibility index (Phi) is 7.17. The maximum absolute atomic E-state index is 12.8. The number of rotatable bonds is 5. The predicted octanol–water partition coefficient (Wildman–Crippen LogP) is 8.27. The minimum atomic E-state index is -4.46. The summed E-state index contributed by atoms with van der Waals surface area (Å²) in [5, 5.41) is 4.35. The zero-order valence-corrected chi connectivity index (χ0v) is 20.5. The van der Waals surface area contributed by atoms with Gasteiger partial charge < -0.3 is 9.88 Å². The van der Waals surface area contributed by atoms with Crippen molar-refractivity contribution < 1.29 is 18.0 Å². The highest BCUT2D eigenvalue weighted by Gasteiger charge is 2.30. The van der Waals surface area contributed by atoms with Crippen molar-refractivity contribution in [2.75, 3.05) is 0 Å². The Hall–Kier alpha value is -2.93. The Balaban J connectivity index is 1.66. The number of hydrogen-bond donors (Lipinski definition) is 1. The molecule has 0 aliphatic heterocycles. The maximum atomic E-state index is 12.8. The molecule has 0 saturated heterocycles. The standard InChI is InChI=1S/C26H18Cl3F3N2O/c1-34-20(14-33-25(35)16-2-6-17(7-3-16)26(30,31)32)13-22(21-11-10-19(28)12-23(21)29)24(34)15-4-8-18(27)9-5-15/h2-13H,14H2,1H3,(H,33,35). The Morgan fingerprint density at radius 3 is 2.09 bits per heavy atom. The van der Waals surface area contributed by atoms with Crippen molar-refractivity contribution in [2.24, 2.45) is 7.05 Å². The zero-order chi connectivity index (χ0) is 25.3. The molecule has 4 rings (SSSR count).